The maximum atomic E-state index is 6.25. The SMILES string of the molecule is CCC(N)C(Oc1ccc2cc(Br)ccc2c1)C(C)(C)C. The topological polar surface area (TPSA) is 35.2 Å². The Morgan fingerprint density at radius 2 is 1.71 bits per heavy atom. The molecule has 0 aliphatic rings. The van der Waals surface area contributed by atoms with Gasteiger partial charge in [-0.3, -0.25) is 0 Å². The first-order valence-corrected chi connectivity index (χ1v) is 8.22. The zero-order chi connectivity index (χ0) is 15.6. The molecule has 0 fully saturated rings. The van der Waals surface area contributed by atoms with Crippen LogP contribution in [0.3, 0.4) is 0 Å². The van der Waals surface area contributed by atoms with Crippen LogP contribution in [0.2, 0.25) is 0 Å². The minimum Gasteiger partial charge on any atom is -0.488 e. The molecule has 2 nitrogen and oxygen atoms in total. The van der Waals surface area contributed by atoms with Crippen LogP contribution in [0.1, 0.15) is 34.1 Å². The number of ether oxygens (including phenoxy) is 1. The van der Waals surface area contributed by atoms with Crippen molar-refractivity contribution in [3.63, 3.8) is 0 Å². The second-order valence-corrected chi connectivity index (χ2v) is 7.55. The first-order chi connectivity index (χ1) is 9.81. The fourth-order valence-corrected chi connectivity index (χ4v) is 2.91. The van der Waals surface area contributed by atoms with E-state index in [1.165, 1.54) is 10.8 Å². The Balaban J connectivity index is 2.30. The predicted octanol–water partition coefficient (Wildman–Crippen LogP) is 5.13. The van der Waals surface area contributed by atoms with Gasteiger partial charge in [0.15, 0.2) is 0 Å². The third-order valence-corrected chi connectivity index (χ3v) is 4.24. The Morgan fingerprint density at radius 1 is 1.10 bits per heavy atom. The van der Waals surface area contributed by atoms with E-state index < -0.39 is 0 Å². The van der Waals surface area contributed by atoms with E-state index in [0.717, 1.165) is 16.6 Å². The highest BCUT2D eigenvalue weighted by molar-refractivity contribution is 9.10. The molecule has 0 aliphatic heterocycles. The standard InChI is InChI=1S/C18H24BrNO/c1-5-16(20)17(18(2,3)4)21-15-9-7-12-10-14(19)8-6-13(12)11-15/h6-11,16-17H,5,20H2,1-4H3. The number of hydrogen-bond donors (Lipinski definition) is 1. The quantitative estimate of drug-likeness (QED) is 0.829. The van der Waals surface area contributed by atoms with Crippen LogP contribution in [-0.2, 0) is 0 Å². The Hall–Kier alpha value is -1.06. The smallest absolute Gasteiger partial charge is 0.120 e. The van der Waals surface area contributed by atoms with Crippen molar-refractivity contribution in [1.29, 1.82) is 0 Å². The van der Waals surface area contributed by atoms with Crippen LogP contribution < -0.4 is 10.5 Å². The van der Waals surface area contributed by atoms with Crippen molar-refractivity contribution in [2.24, 2.45) is 11.1 Å². The molecule has 0 aromatic heterocycles. The molecule has 0 bridgehead atoms. The van der Waals surface area contributed by atoms with E-state index in [0.29, 0.717) is 0 Å². The summed E-state index contributed by atoms with van der Waals surface area (Å²) in [5.74, 6) is 0.883. The van der Waals surface area contributed by atoms with Gasteiger partial charge in [0.25, 0.3) is 0 Å². The van der Waals surface area contributed by atoms with E-state index in [-0.39, 0.29) is 17.6 Å². The van der Waals surface area contributed by atoms with Crippen LogP contribution in [-0.4, -0.2) is 12.1 Å². The van der Waals surface area contributed by atoms with Gasteiger partial charge < -0.3 is 10.5 Å². The maximum Gasteiger partial charge on any atom is 0.120 e. The van der Waals surface area contributed by atoms with Gasteiger partial charge in [-0.15, -0.1) is 0 Å². The van der Waals surface area contributed by atoms with Crippen LogP contribution in [0.4, 0.5) is 0 Å². The van der Waals surface area contributed by atoms with Crippen molar-refractivity contribution in [1.82, 2.24) is 0 Å². The second-order valence-electron chi connectivity index (χ2n) is 6.63. The van der Waals surface area contributed by atoms with Crippen molar-refractivity contribution >= 4 is 26.7 Å². The molecule has 3 heteroatoms. The molecular weight excluding hydrogens is 326 g/mol. The summed E-state index contributed by atoms with van der Waals surface area (Å²) >= 11 is 3.50. The van der Waals surface area contributed by atoms with Gasteiger partial charge >= 0.3 is 0 Å². The van der Waals surface area contributed by atoms with Gasteiger partial charge in [-0.05, 0) is 41.5 Å². The highest BCUT2D eigenvalue weighted by Crippen LogP contribution is 2.30. The lowest BCUT2D eigenvalue weighted by molar-refractivity contribution is 0.0623. The Kier molecular flexibility index (Phi) is 4.95. The van der Waals surface area contributed by atoms with Gasteiger partial charge in [-0.2, -0.15) is 0 Å². The van der Waals surface area contributed by atoms with Crippen molar-refractivity contribution in [2.75, 3.05) is 0 Å². The third-order valence-electron chi connectivity index (χ3n) is 3.75. The number of fused-ring (bicyclic) bond motifs is 1. The molecule has 0 spiro atoms. The maximum absolute atomic E-state index is 6.25. The summed E-state index contributed by atoms with van der Waals surface area (Å²) < 4.78 is 7.32. The van der Waals surface area contributed by atoms with Crippen molar-refractivity contribution < 1.29 is 4.74 Å². The predicted molar refractivity (Wildman–Crippen MR) is 93.8 cm³/mol. The van der Waals surface area contributed by atoms with Crippen LogP contribution in [0.15, 0.2) is 40.9 Å². The zero-order valence-electron chi connectivity index (χ0n) is 13.2. The molecule has 2 N–H and O–H groups in total. The Labute approximate surface area is 135 Å². The van der Waals surface area contributed by atoms with Crippen molar-refractivity contribution in [3.05, 3.63) is 40.9 Å². The summed E-state index contributed by atoms with van der Waals surface area (Å²) in [4.78, 5) is 0. The van der Waals surface area contributed by atoms with E-state index in [4.69, 9.17) is 10.5 Å². The average molecular weight is 350 g/mol. The average Bonchev–Trinajstić information content (AvgIpc) is 2.42. The Morgan fingerprint density at radius 3 is 2.33 bits per heavy atom. The summed E-state index contributed by atoms with van der Waals surface area (Å²) in [6.45, 7) is 8.62. The molecule has 2 rings (SSSR count). The summed E-state index contributed by atoms with van der Waals surface area (Å²) in [7, 11) is 0. The number of benzene rings is 2. The number of hydrogen-bond acceptors (Lipinski definition) is 2. The molecule has 0 heterocycles. The second kappa shape index (κ2) is 6.37. The van der Waals surface area contributed by atoms with E-state index in [1.54, 1.807) is 0 Å². The zero-order valence-corrected chi connectivity index (χ0v) is 14.8. The first-order valence-electron chi connectivity index (χ1n) is 7.43. The molecule has 0 saturated heterocycles. The molecule has 2 aromatic carbocycles. The van der Waals surface area contributed by atoms with Gasteiger partial charge in [0.05, 0.1) is 0 Å². The van der Waals surface area contributed by atoms with Gasteiger partial charge in [-0.1, -0.05) is 55.8 Å². The van der Waals surface area contributed by atoms with Crippen molar-refractivity contribution in [2.45, 2.75) is 46.3 Å². The largest absolute Gasteiger partial charge is 0.488 e. The fourth-order valence-electron chi connectivity index (χ4n) is 2.54. The first kappa shape index (κ1) is 16.3. The summed E-state index contributed by atoms with van der Waals surface area (Å²) in [6, 6.07) is 12.5. The van der Waals surface area contributed by atoms with Crippen LogP contribution in [0.5, 0.6) is 5.75 Å². The van der Waals surface area contributed by atoms with Crippen LogP contribution in [0, 0.1) is 5.41 Å². The molecule has 114 valence electrons. The monoisotopic (exact) mass is 349 g/mol. The van der Waals surface area contributed by atoms with Crippen LogP contribution >= 0.6 is 15.9 Å². The minimum atomic E-state index is -0.00426. The Bertz CT molecular complexity index is 618. The molecule has 0 radical (unpaired) electrons. The lowest BCUT2D eigenvalue weighted by atomic mass is 9.84. The van der Waals surface area contributed by atoms with E-state index >= 15 is 0 Å². The summed E-state index contributed by atoms with van der Waals surface area (Å²) in [5, 5.41) is 2.37. The molecule has 0 amide bonds. The number of halogens is 1. The lowest BCUT2D eigenvalue weighted by Crippen LogP contribution is -2.47. The number of nitrogens with two attached hydrogens (primary N) is 1. The molecule has 0 aliphatic carbocycles. The van der Waals surface area contributed by atoms with E-state index in [2.05, 4.69) is 67.9 Å². The molecule has 21 heavy (non-hydrogen) atoms. The van der Waals surface area contributed by atoms with Gasteiger partial charge in [0, 0.05) is 15.9 Å². The highest BCUT2D eigenvalue weighted by atomic mass is 79.9. The number of rotatable bonds is 4. The van der Waals surface area contributed by atoms with Gasteiger partial charge in [-0.25, -0.2) is 0 Å². The van der Waals surface area contributed by atoms with Gasteiger partial charge in [0.2, 0.25) is 0 Å². The molecule has 0 saturated carbocycles. The lowest BCUT2D eigenvalue weighted by Gasteiger charge is -2.35. The normalized spacial score (nSPS) is 15.0. The molecule has 2 unspecified atom stereocenters. The molecular formula is C18H24BrNO. The summed E-state index contributed by atoms with van der Waals surface area (Å²) in [6.07, 6.45) is 0.901. The molecule has 2 atom stereocenters. The van der Waals surface area contributed by atoms with E-state index in [1.807, 2.05) is 12.1 Å². The highest BCUT2D eigenvalue weighted by Gasteiger charge is 2.31. The minimum absolute atomic E-state index is 0.00407. The summed E-state index contributed by atoms with van der Waals surface area (Å²) in [5.41, 5.74) is 6.26. The van der Waals surface area contributed by atoms with E-state index in [9.17, 15) is 0 Å². The van der Waals surface area contributed by atoms with Crippen LogP contribution in [0.25, 0.3) is 10.8 Å². The molecule has 2 aromatic rings. The fraction of sp³-hybridized carbons (Fsp3) is 0.444. The van der Waals surface area contributed by atoms with Crippen molar-refractivity contribution in [3.8, 4) is 5.75 Å². The van der Waals surface area contributed by atoms with Gasteiger partial charge in [0.1, 0.15) is 11.9 Å². The third kappa shape index (κ3) is 3.98.